The first-order valence-corrected chi connectivity index (χ1v) is 7.07. The van der Waals surface area contributed by atoms with Crippen molar-refractivity contribution in [2.24, 2.45) is 0 Å². The lowest BCUT2D eigenvalue weighted by atomic mass is 9.96. The minimum absolute atomic E-state index is 0.166. The van der Waals surface area contributed by atoms with E-state index in [1.54, 1.807) is 6.92 Å². The van der Waals surface area contributed by atoms with Crippen LogP contribution in [-0.4, -0.2) is 35.9 Å². The molecule has 1 aliphatic heterocycles. The summed E-state index contributed by atoms with van der Waals surface area (Å²) in [5.41, 5.74) is 1.16. The van der Waals surface area contributed by atoms with Crippen molar-refractivity contribution in [1.82, 2.24) is 9.88 Å². The van der Waals surface area contributed by atoms with Crippen LogP contribution in [0.15, 0.2) is 18.3 Å². The summed E-state index contributed by atoms with van der Waals surface area (Å²) in [7, 11) is 2.03. The van der Waals surface area contributed by atoms with Gasteiger partial charge in [0.2, 0.25) is 5.91 Å². The van der Waals surface area contributed by atoms with Crippen LogP contribution >= 0.6 is 0 Å². The number of likely N-dealkylation sites (tertiary alicyclic amines) is 1. The number of carbonyl (C=O) groups excluding carboxylic acids is 1. The van der Waals surface area contributed by atoms with Crippen LogP contribution in [0.25, 0.3) is 0 Å². The number of nitrogens with zero attached hydrogens (tertiary/aromatic N) is 3. The molecular weight excluding hydrogens is 238 g/mol. The molecule has 0 saturated carbocycles. The lowest BCUT2D eigenvalue weighted by Crippen LogP contribution is -2.37. The van der Waals surface area contributed by atoms with Gasteiger partial charge in [0, 0.05) is 33.3 Å². The van der Waals surface area contributed by atoms with Crippen LogP contribution in [0.1, 0.15) is 44.7 Å². The Balaban J connectivity index is 2.18. The zero-order valence-electron chi connectivity index (χ0n) is 12.1. The molecule has 1 amide bonds. The van der Waals surface area contributed by atoms with Crippen molar-refractivity contribution >= 4 is 11.7 Å². The average molecular weight is 261 g/mol. The molecule has 0 bridgehead atoms. The number of piperidine rings is 1. The van der Waals surface area contributed by atoms with E-state index < -0.39 is 0 Å². The molecular formula is C15H23N3O. The van der Waals surface area contributed by atoms with Crippen LogP contribution in [0.4, 0.5) is 5.82 Å². The molecule has 104 valence electrons. The third kappa shape index (κ3) is 3.06. The number of hydrogen-bond acceptors (Lipinski definition) is 3. The first-order chi connectivity index (χ1) is 9.13. The van der Waals surface area contributed by atoms with E-state index in [0.717, 1.165) is 37.3 Å². The highest BCUT2D eigenvalue weighted by Gasteiger charge is 2.25. The predicted octanol–water partition coefficient (Wildman–Crippen LogP) is 2.61. The molecule has 0 unspecified atom stereocenters. The van der Waals surface area contributed by atoms with E-state index in [2.05, 4.69) is 22.9 Å². The van der Waals surface area contributed by atoms with E-state index in [-0.39, 0.29) is 11.9 Å². The number of rotatable bonds is 3. The molecule has 0 radical (unpaired) electrons. The van der Waals surface area contributed by atoms with Crippen molar-refractivity contribution in [3.05, 3.63) is 23.9 Å². The molecule has 0 aliphatic carbocycles. The molecule has 0 aromatic carbocycles. The van der Waals surface area contributed by atoms with Gasteiger partial charge in [0.25, 0.3) is 0 Å². The second kappa shape index (κ2) is 6.04. The van der Waals surface area contributed by atoms with Crippen LogP contribution in [0, 0.1) is 0 Å². The molecule has 0 N–H and O–H groups in total. The molecule has 1 aromatic heterocycles. The fourth-order valence-electron chi connectivity index (χ4n) is 2.64. The largest absolute Gasteiger partial charge is 0.360 e. The van der Waals surface area contributed by atoms with Crippen molar-refractivity contribution in [2.45, 2.75) is 39.2 Å². The first kappa shape index (κ1) is 13.8. The Labute approximate surface area is 115 Å². The fourth-order valence-corrected chi connectivity index (χ4v) is 2.64. The predicted molar refractivity (Wildman–Crippen MR) is 77.2 cm³/mol. The second-order valence-electron chi connectivity index (χ2n) is 5.19. The van der Waals surface area contributed by atoms with Crippen LogP contribution in [0.3, 0.4) is 0 Å². The Kier molecular flexibility index (Phi) is 4.40. The van der Waals surface area contributed by atoms with E-state index >= 15 is 0 Å². The summed E-state index contributed by atoms with van der Waals surface area (Å²) in [4.78, 5) is 20.3. The lowest BCUT2D eigenvalue weighted by Gasteiger charge is -2.35. The van der Waals surface area contributed by atoms with Gasteiger partial charge in [-0.3, -0.25) is 4.79 Å². The van der Waals surface area contributed by atoms with Crippen LogP contribution in [0.5, 0.6) is 0 Å². The van der Waals surface area contributed by atoms with Crippen molar-refractivity contribution in [3.63, 3.8) is 0 Å². The van der Waals surface area contributed by atoms with Crippen LogP contribution in [0.2, 0.25) is 0 Å². The summed E-state index contributed by atoms with van der Waals surface area (Å²) in [6.45, 7) is 5.57. The Morgan fingerprint density at radius 1 is 1.47 bits per heavy atom. The average Bonchev–Trinajstić information content (AvgIpc) is 2.46. The Bertz CT molecular complexity index is 430. The van der Waals surface area contributed by atoms with E-state index in [9.17, 15) is 4.79 Å². The number of anilines is 1. The number of hydrogen-bond donors (Lipinski definition) is 0. The second-order valence-corrected chi connectivity index (χ2v) is 5.19. The summed E-state index contributed by atoms with van der Waals surface area (Å²) in [5.74, 6) is 1.15. The highest BCUT2D eigenvalue weighted by atomic mass is 16.2. The van der Waals surface area contributed by atoms with E-state index in [1.807, 2.05) is 24.2 Å². The molecule has 4 heteroatoms. The van der Waals surface area contributed by atoms with Gasteiger partial charge in [0.15, 0.2) is 0 Å². The minimum atomic E-state index is 0.166. The van der Waals surface area contributed by atoms with Gasteiger partial charge in [-0.05, 0) is 37.8 Å². The molecule has 1 aromatic rings. The Morgan fingerprint density at radius 2 is 2.26 bits per heavy atom. The topological polar surface area (TPSA) is 36.4 Å². The molecule has 2 rings (SSSR count). The molecule has 19 heavy (non-hydrogen) atoms. The van der Waals surface area contributed by atoms with Gasteiger partial charge in [-0.25, -0.2) is 4.98 Å². The van der Waals surface area contributed by atoms with Gasteiger partial charge >= 0.3 is 0 Å². The molecule has 1 fully saturated rings. The summed E-state index contributed by atoms with van der Waals surface area (Å²) in [5, 5.41) is 0. The van der Waals surface area contributed by atoms with Gasteiger partial charge in [-0.2, -0.15) is 0 Å². The third-order valence-electron chi connectivity index (χ3n) is 3.93. The molecule has 1 saturated heterocycles. The quantitative estimate of drug-likeness (QED) is 0.839. The Morgan fingerprint density at radius 3 is 2.84 bits per heavy atom. The van der Waals surface area contributed by atoms with E-state index in [0.29, 0.717) is 0 Å². The summed E-state index contributed by atoms with van der Waals surface area (Å²) >= 11 is 0. The van der Waals surface area contributed by atoms with Gasteiger partial charge in [0.05, 0.1) is 6.04 Å². The normalized spacial score (nSPS) is 19.3. The van der Waals surface area contributed by atoms with E-state index in [4.69, 9.17) is 0 Å². The number of aromatic nitrogens is 1. The van der Waals surface area contributed by atoms with Gasteiger partial charge in [-0.15, -0.1) is 0 Å². The molecule has 1 aliphatic rings. The zero-order chi connectivity index (χ0) is 13.8. The van der Waals surface area contributed by atoms with Crippen molar-refractivity contribution < 1.29 is 4.79 Å². The first-order valence-electron chi connectivity index (χ1n) is 7.07. The highest BCUT2D eigenvalue weighted by Crippen LogP contribution is 2.31. The molecule has 1 atom stereocenters. The zero-order valence-corrected chi connectivity index (χ0v) is 12.1. The minimum Gasteiger partial charge on any atom is -0.360 e. The van der Waals surface area contributed by atoms with Crippen LogP contribution in [-0.2, 0) is 4.79 Å². The number of carbonyl (C=O) groups is 1. The van der Waals surface area contributed by atoms with Gasteiger partial charge in [0.1, 0.15) is 5.82 Å². The standard InChI is InChI=1S/C15H23N3O/c1-4-17(3)15-9-8-13(11-16-15)14-7-5-6-10-18(14)12(2)19/h8-9,11,14H,4-7,10H2,1-3H3/t14-/m1/s1. The third-order valence-corrected chi connectivity index (χ3v) is 3.93. The number of pyridine rings is 1. The van der Waals surface area contributed by atoms with Crippen molar-refractivity contribution in [1.29, 1.82) is 0 Å². The summed E-state index contributed by atoms with van der Waals surface area (Å²) in [6, 6.07) is 4.37. The lowest BCUT2D eigenvalue weighted by molar-refractivity contribution is -0.132. The maximum atomic E-state index is 11.7. The van der Waals surface area contributed by atoms with Crippen molar-refractivity contribution in [3.8, 4) is 0 Å². The highest BCUT2D eigenvalue weighted by molar-refractivity contribution is 5.74. The van der Waals surface area contributed by atoms with E-state index in [1.165, 1.54) is 6.42 Å². The van der Waals surface area contributed by atoms with Crippen molar-refractivity contribution in [2.75, 3.05) is 25.0 Å². The number of amides is 1. The smallest absolute Gasteiger partial charge is 0.219 e. The molecule has 2 heterocycles. The summed E-state index contributed by atoms with van der Waals surface area (Å²) < 4.78 is 0. The monoisotopic (exact) mass is 261 g/mol. The van der Waals surface area contributed by atoms with Gasteiger partial charge < -0.3 is 9.80 Å². The Hall–Kier alpha value is -1.58. The maximum absolute atomic E-state index is 11.7. The fraction of sp³-hybridized carbons (Fsp3) is 0.600. The molecule has 0 spiro atoms. The van der Waals surface area contributed by atoms with Crippen LogP contribution < -0.4 is 4.90 Å². The molecule has 4 nitrogen and oxygen atoms in total. The van der Waals surface area contributed by atoms with Gasteiger partial charge in [-0.1, -0.05) is 6.07 Å². The SMILES string of the molecule is CCN(C)c1ccc([C@H]2CCCCN2C(C)=O)cn1. The maximum Gasteiger partial charge on any atom is 0.219 e. The summed E-state index contributed by atoms with van der Waals surface area (Å²) in [6.07, 6.45) is 5.27.